The Morgan fingerprint density at radius 1 is 1.04 bits per heavy atom. The molecular weight excluding hydrogens is 630 g/mol. The first-order chi connectivity index (χ1) is 23.0. The Bertz CT molecular complexity index is 1110. The number of carbonyl (C=O) groups excluding carboxylic acids is 3. The molecule has 12 nitrogen and oxygen atoms in total. The van der Waals surface area contributed by atoms with Gasteiger partial charge in [-0.05, 0) is 79.2 Å². The summed E-state index contributed by atoms with van der Waals surface area (Å²) in [6.45, 7) is 20.3. The number of nitrogens with one attached hydrogen (secondary N) is 1. The smallest absolute Gasteiger partial charge is 0.410 e. The number of aliphatic hydroxyl groups excluding tert-OH is 1. The summed E-state index contributed by atoms with van der Waals surface area (Å²) in [5.74, 6) is -3.02. The van der Waals surface area contributed by atoms with Gasteiger partial charge in [0.2, 0.25) is 0 Å². The molecule has 14 atom stereocenters. The molecule has 0 aromatic rings. The Kier molecular flexibility index (Phi) is 14.9. The van der Waals surface area contributed by atoms with Gasteiger partial charge in [0.15, 0.2) is 17.7 Å². The van der Waals surface area contributed by atoms with Crippen LogP contribution in [0.15, 0.2) is 0 Å². The van der Waals surface area contributed by atoms with Gasteiger partial charge >= 0.3 is 12.1 Å². The van der Waals surface area contributed by atoms with Crippen LogP contribution >= 0.6 is 0 Å². The van der Waals surface area contributed by atoms with E-state index in [1.807, 2.05) is 41.5 Å². The molecule has 49 heavy (non-hydrogen) atoms. The minimum Gasteiger partial charge on any atom is -0.458 e. The molecule has 3 heterocycles. The van der Waals surface area contributed by atoms with E-state index in [9.17, 15) is 19.5 Å². The van der Waals surface area contributed by atoms with Gasteiger partial charge in [0.1, 0.15) is 18.1 Å². The number of methoxy groups -OCH3 is 1. The SMILES string of the molecule is CCCCCN1C(=O)O[C@]2(C)[C@@H](CC)OC(=O)[C@H](C)C(=O)[C@H](C)[C@@H](O[C@@H]3OC(C)[C@H](CC)C(N)C3O)[C@](C)(OC)C[C@@H](C)CCN[C@H](C)[C@@H]12. The van der Waals surface area contributed by atoms with Crippen molar-refractivity contribution in [3.63, 3.8) is 0 Å². The average Bonchev–Trinajstić information content (AvgIpc) is 3.32. The lowest BCUT2D eigenvalue weighted by molar-refractivity contribution is -0.298. The number of fused-ring (bicyclic) bond motifs is 1. The van der Waals surface area contributed by atoms with Crippen molar-refractivity contribution in [1.82, 2.24) is 10.2 Å². The summed E-state index contributed by atoms with van der Waals surface area (Å²) in [6.07, 6.45) is 0.671. The minimum atomic E-state index is -1.15. The zero-order chi connectivity index (χ0) is 36.8. The second kappa shape index (κ2) is 17.6. The predicted molar refractivity (Wildman–Crippen MR) is 187 cm³/mol. The van der Waals surface area contributed by atoms with Gasteiger partial charge in [-0.25, -0.2) is 4.79 Å². The van der Waals surface area contributed by atoms with E-state index in [1.165, 1.54) is 0 Å². The number of aliphatic hydroxyl groups is 1. The maximum Gasteiger partial charge on any atom is 0.410 e. The van der Waals surface area contributed by atoms with E-state index in [0.717, 1.165) is 32.1 Å². The number of Topliss-reactive ketones (excluding diaryl/α,β-unsaturated/α-hetero) is 1. The third-order valence-electron chi connectivity index (χ3n) is 11.7. The molecule has 0 aromatic heterocycles. The Morgan fingerprint density at radius 2 is 1.71 bits per heavy atom. The number of carbonyl (C=O) groups is 3. The highest BCUT2D eigenvalue weighted by atomic mass is 16.7. The number of rotatable bonds is 9. The standard InChI is InChI=1S/C37H67N3O9/c1-12-15-16-19-40-31-24(7)39-18-17-21(4)20-36(9,45-11)32(48-34-30(42)28(38)26(13-2)25(8)46-34)22(5)29(41)23(6)33(43)47-27(14-3)37(31,10)49-35(40)44/h21-28,30-32,34,39,42H,12-20,38H2,1-11H3/t21-,22-,23+,24+,25?,26-,27+,28?,30?,31+,32+,34-,36+,37+/m0/s1. The van der Waals surface area contributed by atoms with E-state index in [4.69, 9.17) is 29.4 Å². The summed E-state index contributed by atoms with van der Waals surface area (Å²) in [6, 6.07) is -1.15. The second-order valence-electron chi connectivity index (χ2n) is 15.4. The fourth-order valence-electron chi connectivity index (χ4n) is 8.59. The van der Waals surface area contributed by atoms with Gasteiger partial charge < -0.3 is 39.8 Å². The van der Waals surface area contributed by atoms with Crippen LogP contribution < -0.4 is 11.1 Å². The minimum absolute atomic E-state index is 0.0556. The topological polar surface area (TPSA) is 159 Å². The molecule has 3 rings (SSSR count). The summed E-state index contributed by atoms with van der Waals surface area (Å²) < 4.78 is 31.2. The Labute approximate surface area is 294 Å². The van der Waals surface area contributed by atoms with Gasteiger partial charge in [0.05, 0.1) is 23.9 Å². The van der Waals surface area contributed by atoms with Crippen molar-refractivity contribution < 1.29 is 43.2 Å². The second-order valence-corrected chi connectivity index (χ2v) is 15.4. The van der Waals surface area contributed by atoms with Crippen LogP contribution in [0.5, 0.6) is 0 Å². The monoisotopic (exact) mass is 697 g/mol. The average molecular weight is 698 g/mol. The number of cyclic esters (lactones) is 1. The quantitative estimate of drug-likeness (QED) is 0.176. The third-order valence-corrected chi connectivity index (χ3v) is 11.7. The van der Waals surface area contributed by atoms with Gasteiger partial charge in [-0.2, -0.15) is 0 Å². The molecule has 0 saturated carbocycles. The summed E-state index contributed by atoms with van der Waals surface area (Å²) in [4.78, 5) is 43.3. The molecule has 3 aliphatic rings. The number of nitrogens with zero attached hydrogens (tertiary/aromatic N) is 1. The maximum absolute atomic E-state index is 14.2. The highest BCUT2D eigenvalue weighted by molar-refractivity contribution is 6.00. The van der Waals surface area contributed by atoms with Crippen LogP contribution in [-0.4, -0.2) is 108 Å². The van der Waals surface area contributed by atoms with Crippen LogP contribution in [-0.2, 0) is 33.3 Å². The molecule has 284 valence electrons. The van der Waals surface area contributed by atoms with Gasteiger partial charge in [0, 0.05) is 37.6 Å². The number of unbranched alkanes of at least 4 members (excludes halogenated alkanes) is 2. The van der Waals surface area contributed by atoms with Crippen molar-refractivity contribution in [2.75, 3.05) is 20.2 Å². The first-order valence-corrected chi connectivity index (χ1v) is 18.8. The molecule has 4 N–H and O–H groups in total. The van der Waals surface area contributed by atoms with Crippen LogP contribution in [0.1, 0.15) is 114 Å². The number of hydrogen-bond donors (Lipinski definition) is 3. The van der Waals surface area contributed by atoms with Crippen molar-refractivity contribution in [3.8, 4) is 0 Å². The fraction of sp³-hybridized carbons (Fsp3) is 0.919. The van der Waals surface area contributed by atoms with Gasteiger partial charge in [-0.1, -0.05) is 47.5 Å². The lowest BCUT2D eigenvalue weighted by Crippen LogP contribution is -2.62. The first-order valence-electron chi connectivity index (χ1n) is 18.8. The highest BCUT2D eigenvalue weighted by Crippen LogP contribution is 2.40. The molecule has 0 spiro atoms. The molecule has 0 bridgehead atoms. The number of nitrogens with two attached hydrogens (primary N) is 1. The van der Waals surface area contributed by atoms with Crippen molar-refractivity contribution in [2.45, 2.75) is 174 Å². The number of ether oxygens (including phenoxy) is 5. The summed E-state index contributed by atoms with van der Waals surface area (Å²) in [5.41, 5.74) is 4.33. The molecular formula is C37H67N3O9. The lowest BCUT2D eigenvalue weighted by atomic mass is 9.77. The molecule has 3 fully saturated rings. The summed E-state index contributed by atoms with van der Waals surface area (Å²) in [7, 11) is 1.59. The molecule has 3 aliphatic heterocycles. The zero-order valence-electron chi connectivity index (χ0n) is 32.0. The van der Waals surface area contributed by atoms with E-state index in [2.05, 4.69) is 19.2 Å². The van der Waals surface area contributed by atoms with Crippen LogP contribution in [0.2, 0.25) is 0 Å². The Morgan fingerprint density at radius 3 is 2.31 bits per heavy atom. The van der Waals surface area contributed by atoms with Crippen molar-refractivity contribution in [1.29, 1.82) is 0 Å². The molecule has 3 unspecified atom stereocenters. The van der Waals surface area contributed by atoms with Crippen molar-refractivity contribution in [3.05, 3.63) is 0 Å². The predicted octanol–water partition coefficient (Wildman–Crippen LogP) is 4.58. The number of esters is 1. The lowest BCUT2D eigenvalue weighted by Gasteiger charge is -2.47. The largest absolute Gasteiger partial charge is 0.458 e. The van der Waals surface area contributed by atoms with Crippen molar-refractivity contribution in [2.24, 2.45) is 29.4 Å². The molecule has 0 aliphatic carbocycles. The van der Waals surface area contributed by atoms with Gasteiger partial charge in [-0.15, -0.1) is 0 Å². The van der Waals surface area contributed by atoms with Crippen LogP contribution in [0, 0.1) is 23.7 Å². The number of amides is 1. The van der Waals surface area contributed by atoms with Gasteiger partial charge in [0.25, 0.3) is 0 Å². The van der Waals surface area contributed by atoms with E-state index < -0.39 is 71.8 Å². The molecule has 0 radical (unpaired) electrons. The van der Waals surface area contributed by atoms with Crippen molar-refractivity contribution >= 4 is 17.8 Å². The molecule has 0 aromatic carbocycles. The third kappa shape index (κ3) is 8.98. The van der Waals surface area contributed by atoms with E-state index in [-0.39, 0.29) is 29.8 Å². The Balaban J connectivity index is 2.01. The molecule has 3 saturated heterocycles. The van der Waals surface area contributed by atoms with E-state index >= 15 is 0 Å². The number of hydrogen-bond acceptors (Lipinski definition) is 11. The van der Waals surface area contributed by atoms with Crippen LogP contribution in [0.3, 0.4) is 0 Å². The summed E-state index contributed by atoms with van der Waals surface area (Å²) in [5, 5.41) is 14.9. The summed E-state index contributed by atoms with van der Waals surface area (Å²) >= 11 is 0. The first kappa shape index (κ1) is 41.6. The van der Waals surface area contributed by atoms with Crippen LogP contribution in [0.25, 0.3) is 0 Å². The fourth-order valence-corrected chi connectivity index (χ4v) is 8.59. The van der Waals surface area contributed by atoms with Crippen LogP contribution in [0.4, 0.5) is 4.79 Å². The Hall–Kier alpha value is -1.83. The zero-order valence-corrected chi connectivity index (χ0v) is 32.0. The normalized spacial score (nSPS) is 43.2. The highest BCUT2D eigenvalue weighted by Gasteiger charge is 2.58. The molecule has 12 heteroatoms. The maximum atomic E-state index is 14.2. The molecule has 1 amide bonds. The van der Waals surface area contributed by atoms with E-state index in [0.29, 0.717) is 25.9 Å². The number of ketones is 1. The van der Waals surface area contributed by atoms with Gasteiger partial charge in [-0.3, -0.25) is 14.5 Å². The van der Waals surface area contributed by atoms with E-state index in [1.54, 1.807) is 25.9 Å².